The predicted octanol–water partition coefficient (Wildman–Crippen LogP) is 5.52. The normalized spacial score (nSPS) is 17.4. The van der Waals surface area contributed by atoms with Crippen molar-refractivity contribution in [3.8, 4) is 0 Å². The average Bonchev–Trinajstić information content (AvgIpc) is 3.09. The topological polar surface area (TPSA) is 86.1 Å². The largest absolute Gasteiger partial charge is 0.358 e. The van der Waals surface area contributed by atoms with Crippen LogP contribution in [0.15, 0.2) is 29.2 Å². The van der Waals surface area contributed by atoms with Gasteiger partial charge in [-0.1, -0.05) is 23.2 Å². The summed E-state index contributed by atoms with van der Waals surface area (Å²) in [4.78, 5) is 8.27. The number of hydrogen-bond donors (Lipinski definition) is 1. The molecule has 0 radical (unpaired) electrons. The van der Waals surface area contributed by atoms with Crippen molar-refractivity contribution in [2.45, 2.75) is 36.8 Å². The Morgan fingerprint density at radius 3 is 2.61 bits per heavy atom. The van der Waals surface area contributed by atoms with Gasteiger partial charge in [-0.2, -0.15) is 0 Å². The fourth-order valence-electron chi connectivity index (χ4n) is 3.56. The summed E-state index contributed by atoms with van der Waals surface area (Å²) in [5.74, 6) is -0.487. The number of fused-ring (bicyclic) bond motifs is 1. The van der Waals surface area contributed by atoms with Gasteiger partial charge in [-0.05, 0) is 37.5 Å². The molecule has 1 atom stereocenters. The second kappa shape index (κ2) is 8.50. The van der Waals surface area contributed by atoms with E-state index in [1.807, 2.05) is 0 Å². The van der Waals surface area contributed by atoms with Gasteiger partial charge in [0, 0.05) is 24.0 Å². The van der Waals surface area contributed by atoms with E-state index in [-0.39, 0.29) is 37.6 Å². The van der Waals surface area contributed by atoms with Crippen molar-refractivity contribution in [2.24, 2.45) is 0 Å². The zero-order chi connectivity index (χ0) is 22.3. The summed E-state index contributed by atoms with van der Waals surface area (Å²) < 4.78 is 59.0. The third kappa shape index (κ3) is 4.48. The highest BCUT2D eigenvalue weighted by Crippen LogP contribution is 2.37. The van der Waals surface area contributed by atoms with Gasteiger partial charge in [-0.25, -0.2) is 27.2 Å². The van der Waals surface area contributed by atoms with E-state index in [1.54, 1.807) is 0 Å². The third-order valence-corrected chi connectivity index (χ3v) is 6.46. The Hall–Kier alpha value is -2.01. The van der Waals surface area contributed by atoms with Crippen molar-refractivity contribution in [3.05, 3.63) is 40.3 Å². The minimum Gasteiger partial charge on any atom is -0.358 e. The van der Waals surface area contributed by atoms with Gasteiger partial charge in [0.05, 0.1) is 16.3 Å². The van der Waals surface area contributed by atoms with Crippen LogP contribution in [0, 0.1) is 0 Å². The molecule has 3 aromatic rings. The highest BCUT2D eigenvalue weighted by Gasteiger charge is 2.29. The van der Waals surface area contributed by atoms with Crippen LogP contribution < -0.4 is 5.32 Å². The lowest BCUT2D eigenvalue weighted by Gasteiger charge is -2.25. The molecule has 1 fully saturated rings. The van der Waals surface area contributed by atoms with Crippen LogP contribution >= 0.6 is 23.2 Å². The van der Waals surface area contributed by atoms with Crippen LogP contribution in [0.3, 0.4) is 0 Å². The first-order chi connectivity index (χ1) is 14.6. The van der Waals surface area contributed by atoms with Gasteiger partial charge in [0.15, 0.2) is 21.3 Å². The van der Waals surface area contributed by atoms with E-state index >= 15 is 0 Å². The fraction of sp³-hybridized carbons (Fsp3) is 0.368. The maximum absolute atomic E-state index is 13.8. The zero-order valence-electron chi connectivity index (χ0n) is 16.3. The Balaban J connectivity index is 1.89. The number of sulfone groups is 1. The molecule has 1 saturated heterocycles. The third-order valence-electron chi connectivity index (χ3n) is 4.90. The van der Waals surface area contributed by atoms with Gasteiger partial charge in [0.25, 0.3) is 6.43 Å². The Morgan fingerprint density at radius 2 is 1.97 bits per heavy atom. The number of aromatic nitrogens is 3. The molecule has 1 aliphatic heterocycles. The number of imidazole rings is 1. The SMILES string of the molecule is CS(=O)(=O)c1cc(Cl)ccc1Nc1cc(Cl)nc2c1nc(C(F)F)n2C1CCCCO1. The number of rotatable bonds is 5. The van der Waals surface area contributed by atoms with E-state index in [4.69, 9.17) is 27.9 Å². The van der Waals surface area contributed by atoms with E-state index < -0.39 is 28.3 Å². The number of alkyl halides is 2. The van der Waals surface area contributed by atoms with Crippen LogP contribution in [0.1, 0.15) is 37.7 Å². The first-order valence-electron chi connectivity index (χ1n) is 9.40. The van der Waals surface area contributed by atoms with Crippen LogP contribution in [-0.4, -0.2) is 35.8 Å². The van der Waals surface area contributed by atoms with Crippen LogP contribution in [0.25, 0.3) is 11.2 Å². The number of nitrogens with one attached hydrogen (secondary N) is 1. The van der Waals surface area contributed by atoms with Crippen LogP contribution in [0.4, 0.5) is 20.2 Å². The molecule has 0 bridgehead atoms. The van der Waals surface area contributed by atoms with Crippen molar-refractivity contribution in [1.29, 1.82) is 0 Å². The molecule has 1 aliphatic rings. The van der Waals surface area contributed by atoms with Crippen molar-refractivity contribution in [1.82, 2.24) is 14.5 Å². The predicted molar refractivity (Wildman–Crippen MR) is 114 cm³/mol. The molecule has 0 spiro atoms. The molecular weight excluding hydrogens is 473 g/mol. The van der Waals surface area contributed by atoms with Gasteiger partial charge < -0.3 is 10.1 Å². The molecule has 166 valence electrons. The van der Waals surface area contributed by atoms with Crippen molar-refractivity contribution < 1.29 is 21.9 Å². The number of hydrogen-bond acceptors (Lipinski definition) is 6. The fourth-order valence-corrected chi connectivity index (χ4v) is 4.85. The first kappa shape index (κ1) is 22.2. The van der Waals surface area contributed by atoms with Crippen LogP contribution in [-0.2, 0) is 14.6 Å². The minimum atomic E-state index is -3.63. The highest BCUT2D eigenvalue weighted by atomic mass is 35.5. The molecular formula is C19H18Cl2F2N4O3S. The van der Waals surface area contributed by atoms with E-state index in [0.717, 1.165) is 19.1 Å². The van der Waals surface area contributed by atoms with Crippen molar-refractivity contribution >= 4 is 55.6 Å². The Kier molecular flexibility index (Phi) is 6.08. The summed E-state index contributed by atoms with van der Waals surface area (Å²) in [5, 5.41) is 3.22. The second-order valence-electron chi connectivity index (χ2n) is 7.16. The number of benzene rings is 1. The molecule has 1 unspecified atom stereocenters. The summed E-state index contributed by atoms with van der Waals surface area (Å²) in [7, 11) is -3.63. The van der Waals surface area contributed by atoms with Gasteiger partial charge in [0.1, 0.15) is 16.9 Å². The standard InChI is InChI=1S/C19H18Cl2F2N4O3S/c1-31(28,29)13-8-10(20)5-6-11(13)24-12-9-14(21)25-18-16(12)26-19(17(22)23)27(18)15-4-2-3-7-30-15/h5-6,8-9,15,17H,2-4,7H2,1H3,(H,24,25). The van der Waals surface area contributed by atoms with E-state index in [0.29, 0.717) is 13.0 Å². The number of halogens is 4. The van der Waals surface area contributed by atoms with Crippen LogP contribution in [0.5, 0.6) is 0 Å². The van der Waals surface area contributed by atoms with Crippen molar-refractivity contribution in [3.63, 3.8) is 0 Å². The van der Waals surface area contributed by atoms with Crippen molar-refractivity contribution in [2.75, 3.05) is 18.2 Å². The molecule has 1 aromatic carbocycles. The number of pyridine rings is 1. The Labute approximate surface area is 187 Å². The van der Waals surface area contributed by atoms with Gasteiger partial charge in [0.2, 0.25) is 0 Å². The molecule has 2 aromatic heterocycles. The molecule has 0 saturated carbocycles. The maximum Gasteiger partial charge on any atom is 0.295 e. The highest BCUT2D eigenvalue weighted by molar-refractivity contribution is 7.90. The van der Waals surface area contributed by atoms with E-state index in [1.165, 1.54) is 28.8 Å². The minimum absolute atomic E-state index is 0.0302. The monoisotopic (exact) mass is 490 g/mol. The average molecular weight is 491 g/mol. The summed E-state index contributed by atoms with van der Waals surface area (Å²) >= 11 is 12.1. The number of nitrogens with zero attached hydrogens (tertiary/aromatic N) is 3. The zero-order valence-corrected chi connectivity index (χ0v) is 18.6. The number of ether oxygens (including phenoxy) is 1. The molecule has 3 heterocycles. The lowest BCUT2D eigenvalue weighted by Crippen LogP contribution is -2.20. The summed E-state index contributed by atoms with van der Waals surface area (Å²) in [6.07, 6.45) is -0.252. The quantitative estimate of drug-likeness (QED) is 0.473. The first-order valence-corrected chi connectivity index (χ1v) is 12.0. The molecule has 31 heavy (non-hydrogen) atoms. The molecule has 12 heteroatoms. The Bertz CT molecular complexity index is 1240. The molecule has 0 amide bonds. The number of anilines is 2. The summed E-state index contributed by atoms with van der Waals surface area (Å²) in [6.45, 7) is 0.446. The van der Waals surface area contributed by atoms with Gasteiger partial charge in [-0.15, -0.1) is 0 Å². The molecule has 0 aliphatic carbocycles. The smallest absolute Gasteiger partial charge is 0.295 e. The van der Waals surface area contributed by atoms with E-state index in [2.05, 4.69) is 15.3 Å². The van der Waals surface area contributed by atoms with Crippen LogP contribution in [0.2, 0.25) is 10.2 Å². The molecule has 7 nitrogen and oxygen atoms in total. The van der Waals surface area contributed by atoms with E-state index in [9.17, 15) is 17.2 Å². The van der Waals surface area contributed by atoms with Gasteiger partial charge >= 0.3 is 0 Å². The second-order valence-corrected chi connectivity index (χ2v) is 9.97. The molecule has 1 N–H and O–H groups in total. The Morgan fingerprint density at radius 1 is 1.19 bits per heavy atom. The lowest BCUT2D eigenvalue weighted by molar-refractivity contribution is -0.0363. The summed E-state index contributed by atoms with van der Waals surface area (Å²) in [6, 6.07) is 5.70. The van der Waals surface area contributed by atoms with Gasteiger partial charge in [-0.3, -0.25) is 4.57 Å². The maximum atomic E-state index is 13.8. The lowest BCUT2D eigenvalue weighted by atomic mass is 10.2. The summed E-state index contributed by atoms with van der Waals surface area (Å²) in [5.41, 5.74) is 0.701. The molecule has 4 rings (SSSR count).